The van der Waals surface area contributed by atoms with E-state index < -0.39 is 0 Å². The summed E-state index contributed by atoms with van der Waals surface area (Å²) >= 11 is 0. The minimum Gasteiger partial charge on any atom is -0.496 e. The van der Waals surface area contributed by atoms with Crippen LogP contribution in [-0.2, 0) is 11.2 Å². The van der Waals surface area contributed by atoms with Gasteiger partial charge in [0.2, 0.25) is 0 Å². The lowest BCUT2D eigenvalue weighted by Crippen LogP contribution is -1.94. The Morgan fingerprint density at radius 3 is 2.30 bits per heavy atom. The monoisotopic (exact) mass is 270 g/mol. The van der Waals surface area contributed by atoms with E-state index in [1.54, 1.807) is 14.2 Å². The van der Waals surface area contributed by atoms with Gasteiger partial charge >= 0.3 is 0 Å². The van der Waals surface area contributed by atoms with Gasteiger partial charge in [-0.25, -0.2) is 0 Å². The van der Waals surface area contributed by atoms with Gasteiger partial charge in [-0.2, -0.15) is 0 Å². The molecule has 104 valence electrons. The first-order valence-corrected chi connectivity index (χ1v) is 6.50. The fourth-order valence-corrected chi connectivity index (χ4v) is 2.09. The van der Waals surface area contributed by atoms with Crippen molar-refractivity contribution in [1.29, 1.82) is 0 Å². The number of hydrogen-bond acceptors (Lipinski definition) is 3. The van der Waals surface area contributed by atoms with E-state index in [0.29, 0.717) is 11.3 Å². The summed E-state index contributed by atoms with van der Waals surface area (Å²) in [5.74, 6) is 0.598. The summed E-state index contributed by atoms with van der Waals surface area (Å²) in [5.41, 5.74) is 3.89. The van der Waals surface area contributed by atoms with Crippen molar-refractivity contribution in [3.63, 3.8) is 0 Å². The highest BCUT2D eigenvalue weighted by Gasteiger charge is 2.05. The summed E-state index contributed by atoms with van der Waals surface area (Å²) in [5, 5.41) is 0. The molecular weight excluding hydrogens is 252 g/mol. The second kappa shape index (κ2) is 6.87. The van der Waals surface area contributed by atoms with Gasteiger partial charge in [-0.1, -0.05) is 30.3 Å². The lowest BCUT2D eigenvalue weighted by Gasteiger charge is -2.08. The summed E-state index contributed by atoms with van der Waals surface area (Å²) in [6, 6.07) is 13.9. The molecule has 0 fully saturated rings. The molecule has 0 aromatic heterocycles. The van der Waals surface area contributed by atoms with E-state index in [1.807, 2.05) is 18.2 Å². The molecule has 0 heterocycles. The van der Waals surface area contributed by atoms with Crippen LogP contribution in [0.5, 0.6) is 5.75 Å². The molecule has 3 nitrogen and oxygen atoms in total. The highest BCUT2D eigenvalue weighted by atomic mass is 16.5. The molecule has 0 aliphatic carbocycles. The largest absolute Gasteiger partial charge is 0.496 e. The summed E-state index contributed by atoms with van der Waals surface area (Å²) in [4.78, 5) is 11.0. The van der Waals surface area contributed by atoms with E-state index in [1.165, 1.54) is 5.56 Å². The van der Waals surface area contributed by atoms with E-state index in [-0.39, 0.29) is 0 Å². The van der Waals surface area contributed by atoms with Gasteiger partial charge in [-0.05, 0) is 35.2 Å². The second-order valence-electron chi connectivity index (χ2n) is 4.51. The normalized spacial score (nSPS) is 10.3. The van der Waals surface area contributed by atoms with Gasteiger partial charge in [0.1, 0.15) is 5.75 Å². The van der Waals surface area contributed by atoms with Crippen LogP contribution in [0.4, 0.5) is 0 Å². The third-order valence-corrected chi connectivity index (χ3v) is 3.24. The Morgan fingerprint density at radius 2 is 1.70 bits per heavy atom. The number of rotatable bonds is 6. The van der Waals surface area contributed by atoms with Crippen molar-refractivity contribution in [3.05, 3.63) is 53.6 Å². The maximum Gasteiger partial charge on any atom is 0.153 e. The molecule has 0 amide bonds. The Morgan fingerprint density at radius 1 is 1.00 bits per heavy atom. The molecule has 0 N–H and O–H groups in total. The number of methoxy groups -OCH3 is 2. The average molecular weight is 270 g/mol. The molecule has 3 heteroatoms. The summed E-state index contributed by atoms with van der Waals surface area (Å²) in [6.07, 6.45) is 1.72. The minimum absolute atomic E-state index is 0.563. The van der Waals surface area contributed by atoms with Crippen molar-refractivity contribution in [3.8, 4) is 16.9 Å². The van der Waals surface area contributed by atoms with Crippen LogP contribution in [0.15, 0.2) is 42.5 Å². The highest BCUT2D eigenvalue weighted by molar-refractivity contribution is 5.83. The van der Waals surface area contributed by atoms with Crippen molar-refractivity contribution < 1.29 is 14.3 Å². The number of benzene rings is 2. The zero-order chi connectivity index (χ0) is 14.4. The van der Waals surface area contributed by atoms with Crippen LogP contribution in [0, 0.1) is 0 Å². The SMILES string of the molecule is COCCc1ccc(-c2ccc(OC)c(C=O)c2)cc1. The highest BCUT2D eigenvalue weighted by Crippen LogP contribution is 2.26. The molecule has 0 unspecified atom stereocenters. The summed E-state index contributed by atoms with van der Waals surface area (Å²) in [6.45, 7) is 0.719. The topological polar surface area (TPSA) is 35.5 Å². The average Bonchev–Trinajstić information content (AvgIpc) is 2.52. The van der Waals surface area contributed by atoms with Crippen molar-refractivity contribution in [2.75, 3.05) is 20.8 Å². The third-order valence-electron chi connectivity index (χ3n) is 3.24. The molecule has 20 heavy (non-hydrogen) atoms. The smallest absolute Gasteiger partial charge is 0.153 e. The molecule has 2 aromatic carbocycles. The zero-order valence-corrected chi connectivity index (χ0v) is 11.8. The molecule has 0 saturated heterocycles. The van der Waals surface area contributed by atoms with E-state index in [9.17, 15) is 4.79 Å². The summed E-state index contributed by atoms with van der Waals surface area (Å²) < 4.78 is 10.2. The minimum atomic E-state index is 0.563. The van der Waals surface area contributed by atoms with Crippen LogP contribution >= 0.6 is 0 Å². The van der Waals surface area contributed by atoms with Gasteiger partial charge in [-0.15, -0.1) is 0 Å². The van der Waals surface area contributed by atoms with E-state index in [2.05, 4.69) is 24.3 Å². The number of ether oxygens (including phenoxy) is 2. The van der Waals surface area contributed by atoms with Crippen molar-refractivity contribution in [2.24, 2.45) is 0 Å². The fourth-order valence-electron chi connectivity index (χ4n) is 2.09. The van der Waals surface area contributed by atoms with Crippen LogP contribution in [-0.4, -0.2) is 27.1 Å². The van der Waals surface area contributed by atoms with Crippen molar-refractivity contribution in [1.82, 2.24) is 0 Å². The molecule has 0 bridgehead atoms. The summed E-state index contributed by atoms with van der Waals surface area (Å²) in [7, 11) is 3.26. The maximum absolute atomic E-state index is 11.0. The molecule has 0 atom stereocenters. The molecule has 0 spiro atoms. The maximum atomic E-state index is 11.0. The molecule has 0 aliphatic rings. The standard InChI is InChI=1S/C17H18O3/c1-19-10-9-13-3-5-14(6-4-13)15-7-8-17(20-2)16(11-15)12-18/h3-8,11-12H,9-10H2,1-2H3. The molecule has 0 saturated carbocycles. The van der Waals surface area contributed by atoms with Gasteiger partial charge in [0.15, 0.2) is 6.29 Å². The molecule has 0 radical (unpaired) electrons. The number of carbonyl (C=O) groups excluding carboxylic acids is 1. The Hall–Kier alpha value is -2.13. The first-order chi connectivity index (χ1) is 9.78. The lowest BCUT2D eigenvalue weighted by atomic mass is 10.0. The number of aldehydes is 1. The Kier molecular flexibility index (Phi) is 4.91. The van der Waals surface area contributed by atoms with Crippen LogP contribution in [0.25, 0.3) is 11.1 Å². The third kappa shape index (κ3) is 3.25. The van der Waals surface area contributed by atoms with Gasteiger partial charge < -0.3 is 9.47 Å². The Balaban J connectivity index is 2.25. The number of carbonyl (C=O) groups is 1. The van der Waals surface area contributed by atoms with E-state index in [4.69, 9.17) is 9.47 Å². The fraction of sp³-hybridized carbons (Fsp3) is 0.235. The van der Waals surface area contributed by atoms with Crippen molar-refractivity contribution in [2.45, 2.75) is 6.42 Å². The zero-order valence-electron chi connectivity index (χ0n) is 11.8. The molecule has 2 rings (SSSR count). The van der Waals surface area contributed by atoms with E-state index in [0.717, 1.165) is 30.4 Å². The number of hydrogen-bond donors (Lipinski definition) is 0. The van der Waals surface area contributed by atoms with Crippen molar-refractivity contribution >= 4 is 6.29 Å². The second-order valence-corrected chi connectivity index (χ2v) is 4.51. The van der Waals surface area contributed by atoms with Gasteiger partial charge in [-0.3, -0.25) is 4.79 Å². The van der Waals surface area contributed by atoms with Crippen LogP contribution < -0.4 is 4.74 Å². The Labute approximate surface area is 119 Å². The Bertz CT molecular complexity index is 573. The lowest BCUT2D eigenvalue weighted by molar-refractivity contribution is 0.112. The van der Waals surface area contributed by atoms with Crippen LogP contribution in [0.2, 0.25) is 0 Å². The molecular formula is C17H18O3. The van der Waals surface area contributed by atoms with Crippen LogP contribution in [0.1, 0.15) is 15.9 Å². The van der Waals surface area contributed by atoms with Gasteiger partial charge in [0.25, 0.3) is 0 Å². The molecule has 0 aliphatic heterocycles. The predicted molar refractivity (Wildman–Crippen MR) is 79.4 cm³/mol. The first kappa shape index (κ1) is 14.3. The van der Waals surface area contributed by atoms with Gasteiger partial charge in [0, 0.05) is 7.11 Å². The van der Waals surface area contributed by atoms with Crippen LogP contribution in [0.3, 0.4) is 0 Å². The predicted octanol–water partition coefficient (Wildman–Crippen LogP) is 3.36. The van der Waals surface area contributed by atoms with Gasteiger partial charge in [0.05, 0.1) is 19.3 Å². The first-order valence-electron chi connectivity index (χ1n) is 6.50. The quantitative estimate of drug-likeness (QED) is 0.755. The van der Waals surface area contributed by atoms with E-state index >= 15 is 0 Å². The molecule has 2 aromatic rings.